The van der Waals surface area contributed by atoms with Crippen molar-refractivity contribution in [2.75, 3.05) is 23.9 Å². The Morgan fingerprint density at radius 2 is 1.86 bits per heavy atom. The Labute approximate surface area is 130 Å². The average Bonchev–Trinajstić information content (AvgIpc) is 2.48. The second-order valence-corrected chi connectivity index (χ2v) is 5.68. The van der Waals surface area contributed by atoms with E-state index in [9.17, 15) is 8.78 Å². The maximum atomic E-state index is 12.6. The number of thioether (sulfide) groups is 2. The first-order valence-corrected chi connectivity index (χ1v) is 8.14. The summed E-state index contributed by atoms with van der Waals surface area (Å²) in [6, 6.07) is 8.62. The molecule has 0 radical (unpaired) electrons. The van der Waals surface area contributed by atoms with Crippen LogP contribution in [-0.4, -0.2) is 29.0 Å². The first-order valence-electron chi connectivity index (χ1n) is 6.04. The van der Waals surface area contributed by atoms with Gasteiger partial charge in [0, 0.05) is 18.0 Å². The van der Waals surface area contributed by atoms with E-state index in [1.54, 1.807) is 37.4 Å². The highest BCUT2D eigenvalue weighted by Gasteiger charge is 2.11. The van der Waals surface area contributed by atoms with E-state index in [2.05, 4.69) is 20.6 Å². The van der Waals surface area contributed by atoms with Gasteiger partial charge in [-0.3, -0.25) is 0 Å². The normalized spacial score (nSPS) is 10.7. The van der Waals surface area contributed by atoms with Gasteiger partial charge in [0.05, 0.1) is 5.69 Å². The van der Waals surface area contributed by atoms with E-state index in [1.165, 1.54) is 11.8 Å². The summed E-state index contributed by atoms with van der Waals surface area (Å²) in [6.45, 7) is 0. The van der Waals surface area contributed by atoms with Gasteiger partial charge in [-0.2, -0.15) is 8.78 Å². The maximum Gasteiger partial charge on any atom is 0.288 e. The van der Waals surface area contributed by atoms with Crippen molar-refractivity contribution in [2.45, 2.75) is 15.8 Å². The van der Waals surface area contributed by atoms with Gasteiger partial charge in [-0.25, -0.2) is 9.97 Å². The van der Waals surface area contributed by atoms with E-state index in [0.29, 0.717) is 39.1 Å². The quantitative estimate of drug-likeness (QED) is 0.609. The summed E-state index contributed by atoms with van der Waals surface area (Å²) in [5.41, 5.74) is 0.593. The van der Waals surface area contributed by atoms with Crippen molar-refractivity contribution < 1.29 is 8.78 Å². The van der Waals surface area contributed by atoms with Crippen LogP contribution < -0.4 is 10.6 Å². The van der Waals surface area contributed by atoms with Gasteiger partial charge >= 0.3 is 0 Å². The summed E-state index contributed by atoms with van der Waals surface area (Å²) in [4.78, 5) is 9.05. The van der Waals surface area contributed by atoms with Crippen LogP contribution in [0.1, 0.15) is 0 Å². The summed E-state index contributed by atoms with van der Waals surface area (Å²) in [6.07, 6.45) is 1.87. The van der Waals surface area contributed by atoms with Crippen LogP contribution in [0.2, 0.25) is 0 Å². The highest BCUT2D eigenvalue weighted by atomic mass is 32.2. The minimum atomic E-state index is -2.46. The lowest BCUT2D eigenvalue weighted by molar-refractivity contribution is 0.252. The molecule has 0 saturated carbocycles. The number of aromatic nitrogens is 2. The molecule has 2 aromatic rings. The fraction of sp³-hybridized carbons (Fsp3) is 0.231. The van der Waals surface area contributed by atoms with Crippen molar-refractivity contribution in [2.24, 2.45) is 0 Å². The maximum absolute atomic E-state index is 12.6. The van der Waals surface area contributed by atoms with Crippen molar-refractivity contribution in [1.29, 1.82) is 0 Å². The fourth-order valence-electron chi connectivity index (χ4n) is 1.62. The highest BCUT2D eigenvalue weighted by molar-refractivity contribution is 7.99. The third-order valence-corrected chi connectivity index (χ3v) is 3.85. The molecule has 0 aliphatic carbocycles. The van der Waals surface area contributed by atoms with Gasteiger partial charge in [0.2, 0.25) is 0 Å². The van der Waals surface area contributed by atoms with Gasteiger partial charge in [-0.05, 0) is 18.4 Å². The van der Waals surface area contributed by atoms with Gasteiger partial charge in [-0.15, -0.1) is 0 Å². The van der Waals surface area contributed by atoms with E-state index in [-0.39, 0.29) is 0 Å². The number of benzene rings is 1. The van der Waals surface area contributed by atoms with Gasteiger partial charge < -0.3 is 10.6 Å². The Kier molecular flexibility index (Phi) is 5.63. The molecule has 112 valence electrons. The van der Waals surface area contributed by atoms with Gasteiger partial charge in [0.25, 0.3) is 5.76 Å². The number of alkyl halides is 2. The molecule has 2 N–H and O–H groups in total. The molecule has 0 unspecified atom stereocenters. The number of hydrogen-bond acceptors (Lipinski definition) is 6. The molecule has 1 heterocycles. The van der Waals surface area contributed by atoms with Gasteiger partial charge in [-0.1, -0.05) is 35.7 Å². The van der Waals surface area contributed by atoms with Crippen LogP contribution in [0.5, 0.6) is 0 Å². The number of hydrogen-bond donors (Lipinski definition) is 2. The molecule has 0 saturated heterocycles. The minimum Gasteiger partial charge on any atom is -0.373 e. The summed E-state index contributed by atoms with van der Waals surface area (Å²) in [5, 5.41) is 6.61. The first kappa shape index (κ1) is 15.8. The second kappa shape index (κ2) is 7.46. The Morgan fingerprint density at radius 1 is 1.14 bits per heavy atom. The Hall–Kier alpha value is -1.54. The summed E-state index contributed by atoms with van der Waals surface area (Å²) in [5.74, 6) is -1.25. The molecule has 1 aromatic heterocycles. The predicted molar refractivity (Wildman–Crippen MR) is 84.9 cm³/mol. The van der Waals surface area contributed by atoms with E-state index >= 15 is 0 Å². The van der Waals surface area contributed by atoms with Crippen LogP contribution >= 0.6 is 23.5 Å². The molecule has 0 amide bonds. The molecule has 0 aliphatic rings. The molecule has 1 aromatic carbocycles. The predicted octanol–water partition coefficient (Wildman–Crippen LogP) is 4.30. The monoisotopic (exact) mass is 328 g/mol. The largest absolute Gasteiger partial charge is 0.373 e. The number of rotatable bonds is 6. The molecule has 0 atom stereocenters. The zero-order valence-electron chi connectivity index (χ0n) is 11.4. The molecule has 0 fully saturated rings. The molecular formula is C13H14F2N4S2. The molecule has 0 aliphatic heterocycles. The standard InChI is InChI=1S/C13H14F2N4S2/c1-16-10-7-11(19-13(18-10)20-2)17-8-5-3-4-6-9(8)21-12(14)15/h3-7,12H,1-2H3,(H2,16,17,18,19). The van der Waals surface area contributed by atoms with Gasteiger partial charge in [0.15, 0.2) is 5.16 Å². The summed E-state index contributed by atoms with van der Waals surface area (Å²) >= 11 is 1.91. The van der Waals surface area contributed by atoms with E-state index in [4.69, 9.17) is 0 Å². The number of anilines is 3. The average molecular weight is 328 g/mol. The third kappa shape index (κ3) is 4.47. The molecule has 21 heavy (non-hydrogen) atoms. The van der Waals surface area contributed by atoms with Crippen molar-refractivity contribution in [3.05, 3.63) is 30.3 Å². The number of nitrogens with one attached hydrogen (secondary N) is 2. The van der Waals surface area contributed by atoms with E-state index < -0.39 is 5.76 Å². The lowest BCUT2D eigenvalue weighted by Crippen LogP contribution is -2.01. The molecular weight excluding hydrogens is 314 g/mol. The van der Waals surface area contributed by atoms with Crippen LogP contribution in [0.3, 0.4) is 0 Å². The first-order chi connectivity index (χ1) is 10.1. The Balaban J connectivity index is 2.29. The zero-order valence-corrected chi connectivity index (χ0v) is 13.1. The highest BCUT2D eigenvalue weighted by Crippen LogP contribution is 2.33. The Morgan fingerprint density at radius 3 is 2.52 bits per heavy atom. The van der Waals surface area contributed by atoms with Crippen molar-refractivity contribution in [3.8, 4) is 0 Å². The third-order valence-electron chi connectivity index (χ3n) is 2.51. The smallest absolute Gasteiger partial charge is 0.288 e. The van der Waals surface area contributed by atoms with E-state index in [0.717, 1.165) is 0 Å². The Bertz CT molecular complexity index is 588. The fourth-order valence-corrected chi connectivity index (χ4v) is 2.59. The van der Waals surface area contributed by atoms with E-state index in [1.807, 2.05) is 6.26 Å². The summed E-state index contributed by atoms with van der Waals surface area (Å²) in [7, 11) is 1.76. The van der Waals surface area contributed by atoms with Crippen molar-refractivity contribution in [3.63, 3.8) is 0 Å². The number of nitrogens with zero attached hydrogens (tertiary/aromatic N) is 2. The lowest BCUT2D eigenvalue weighted by Gasteiger charge is -2.12. The topological polar surface area (TPSA) is 49.8 Å². The van der Waals surface area contributed by atoms with Crippen LogP contribution in [0.4, 0.5) is 26.1 Å². The minimum absolute atomic E-state index is 0.475. The van der Waals surface area contributed by atoms with Crippen LogP contribution in [0, 0.1) is 0 Å². The van der Waals surface area contributed by atoms with Crippen LogP contribution in [0.15, 0.2) is 40.4 Å². The van der Waals surface area contributed by atoms with Gasteiger partial charge in [0.1, 0.15) is 11.6 Å². The zero-order chi connectivity index (χ0) is 15.2. The van der Waals surface area contributed by atoms with Crippen LogP contribution in [-0.2, 0) is 0 Å². The van der Waals surface area contributed by atoms with Crippen LogP contribution in [0.25, 0.3) is 0 Å². The SMILES string of the molecule is CNc1cc(Nc2ccccc2SC(F)F)nc(SC)n1. The summed E-state index contributed by atoms with van der Waals surface area (Å²) < 4.78 is 25.1. The second-order valence-electron chi connectivity index (χ2n) is 3.87. The number of para-hydroxylation sites is 1. The molecule has 0 bridgehead atoms. The molecule has 8 heteroatoms. The number of halogens is 2. The van der Waals surface area contributed by atoms with Crippen molar-refractivity contribution in [1.82, 2.24) is 9.97 Å². The lowest BCUT2D eigenvalue weighted by atomic mass is 10.3. The molecule has 0 spiro atoms. The molecule has 4 nitrogen and oxygen atoms in total. The molecule has 2 rings (SSSR count). The van der Waals surface area contributed by atoms with Crippen molar-refractivity contribution >= 4 is 40.8 Å².